The maximum Gasteiger partial charge on any atom is 0.214 e. The summed E-state index contributed by atoms with van der Waals surface area (Å²) >= 11 is 0. The Hall–Kier alpha value is -3.53. The summed E-state index contributed by atoms with van der Waals surface area (Å²) in [6, 6.07) is 23.9. The Morgan fingerprint density at radius 2 is 1.44 bits per heavy atom. The van der Waals surface area contributed by atoms with Crippen LogP contribution in [0.5, 0.6) is 0 Å². The molecule has 0 N–H and O–H groups in total. The van der Waals surface area contributed by atoms with Crippen LogP contribution in [0.25, 0.3) is 38.6 Å². The highest BCUT2D eigenvalue weighted by atomic mass is 15.2. The van der Waals surface area contributed by atoms with Crippen LogP contribution in [0.3, 0.4) is 0 Å². The quantitative estimate of drug-likeness (QED) is 0.433. The number of aromatic nitrogens is 4. The molecule has 4 nitrogen and oxygen atoms in total. The Morgan fingerprint density at radius 1 is 0.778 bits per heavy atom. The molecule has 6 rings (SSSR count). The van der Waals surface area contributed by atoms with Gasteiger partial charge in [0.15, 0.2) is 0 Å². The van der Waals surface area contributed by atoms with Crippen LogP contribution in [-0.4, -0.2) is 18.5 Å². The third kappa shape index (κ3) is 1.90. The number of nitrogens with zero attached hydrogens (tertiary/aromatic N) is 4. The van der Waals surface area contributed by atoms with Gasteiger partial charge in [0.05, 0.1) is 17.6 Å². The average Bonchev–Trinajstić information content (AvgIpc) is 3.38. The average molecular weight is 350 g/mol. The third-order valence-electron chi connectivity index (χ3n) is 5.63. The van der Waals surface area contributed by atoms with Gasteiger partial charge < -0.3 is 9.13 Å². The molecule has 0 bridgehead atoms. The standard InChI is InChI=1S/C23H18N4/c1-25-21-12-6-7-16(22(21)26-14-13-24-23(25)26)15-27-19-10-4-2-8-17(19)18-9-3-5-11-20(18)27/h2-14H,15H2,1H3. The van der Waals surface area contributed by atoms with Crippen LogP contribution in [0.2, 0.25) is 0 Å². The van der Waals surface area contributed by atoms with E-state index in [1.807, 2.05) is 12.4 Å². The van der Waals surface area contributed by atoms with Crippen molar-refractivity contribution in [3.05, 3.63) is 84.7 Å². The Kier molecular flexibility index (Phi) is 2.84. The van der Waals surface area contributed by atoms with Gasteiger partial charge in [0.1, 0.15) is 0 Å². The number of fused-ring (bicyclic) bond motifs is 6. The summed E-state index contributed by atoms with van der Waals surface area (Å²) in [6.45, 7) is 0.822. The lowest BCUT2D eigenvalue weighted by atomic mass is 10.1. The van der Waals surface area contributed by atoms with Crippen LogP contribution < -0.4 is 0 Å². The van der Waals surface area contributed by atoms with E-state index in [9.17, 15) is 0 Å². The van der Waals surface area contributed by atoms with Gasteiger partial charge in [0.2, 0.25) is 5.78 Å². The smallest absolute Gasteiger partial charge is 0.214 e. The van der Waals surface area contributed by atoms with E-state index in [2.05, 4.69) is 92.3 Å². The number of hydrogen-bond donors (Lipinski definition) is 0. The van der Waals surface area contributed by atoms with Crippen LogP contribution in [-0.2, 0) is 13.6 Å². The highest BCUT2D eigenvalue weighted by Gasteiger charge is 2.15. The number of hydrogen-bond acceptors (Lipinski definition) is 1. The number of aryl methyl sites for hydroxylation is 1. The first-order valence-electron chi connectivity index (χ1n) is 9.18. The van der Waals surface area contributed by atoms with Crippen molar-refractivity contribution in [2.24, 2.45) is 7.05 Å². The predicted molar refractivity (Wildman–Crippen MR) is 110 cm³/mol. The fourth-order valence-electron chi connectivity index (χ4n) is 4.42. The molecule has 0 saturated heterocycles. The van der Waals surface area contributed by atoms with Crippen molar-refractivity contribution in [3.63, 3.8) is 0 Å². The van der Waals surface area contributed by atoms with Crippen molar-refractivity contribution in [2.75, 3.05) is 0 Å². The zero-order valence-electron chi connectivity index (χ0n) is 15.0. The van der Waals surface area contributed by atoms with E-state index in [1.54, 1.807) is 0 Å². The molecule has 0 fully saturated rings. The Labute approximate surface area is 155 Å². The lowest BCUT2D eigenvalue weighted by molar-refractivity contribution is 0.872. The summed E-state index contributed by atoms with van der Waals surface area (Å²) in [5, 5.41) is 2.61. The Balaban J connectivity index is 1.67. The first-order chi connectivity index (χ1) is 13.3. The fraction of sp³-hybridized carbons (Fsp3) is 0.0870. The summed E-state index contributed by atoms with van der Waals surface area (Å²) in [5.74, 6) is 0.972. The molecule has 130 valence electrons. The van der Waals surface area contributed by atoms with Gasteiger partial charge in [0, 0.05) is 41.2 Å². The second kappa shape index (κ2) is 5.24. The molecular weight excluding hydrogens is 332 g/mol. The topological polar surface area (TPSA) is 27.2 Å². The predicted octanol–water partition coefficient (Wildman–Crippen LogP) is 4.98. The van der Waals surface area contributed by atoms with E-state index in [4.69, 9.17) is 0 Å². The van der Waals surface area contributed by atoms with Gasteiger partial charge in [-0.15, -0.1) is 0 Å². The van der Waals surface area contributed by atoms with Crippen LogP contribution in [0.4, 0.5) is 0 Å². The minimum atomic E-state index is 0.822. The first kappa shape index (κ1) is 14.6. The van der Waals surface area contributed by atoms with Gasteiger partial charge in [-0.2, -0.15) is 0 Å². The minimum Gasteiger partial charge on any atom is -0.336 e. The Morgan fingerprint density at radius 3 is 2.19 bits per heavy atom. The van der Waals surface area contributed by atoms with Gasteiger partial charge in [-0.25, -0.2) is 4.98 Å². The van der Waals surface area contributed by atoms with Gasteiger partial charge in [0.25, 0.3) is 0 Å². The van der Waals surface area contributed by atoms with Gasteiger partial charge in [-0.3, -0.25) is 4.40 Å². The molecule has 0 unspecified atom stereocenters. The third-order valence-corrected chi connectivity index (χ3v) is 5.63. The highest BCUT2D eigenvalue weighted by Crippen LogP contribution is 2.31. The monoisotopic (exact) mass is 350 g/mol. The molecule has 3 aromatic heterocycles. The lowest BCUT2D eigenvalue weighted by Gasteiger charge is -2.09. The largest absolute Gasteiger partial charge is 0.336 e. The summed E-state index contributed by atoms with van der Waals surface area (Å²) in [7, 11) is 2.08. The molecule has 0 saturated carbocycles. The first-order valence-corrected chi connectivity index (χ1v) is 9.18. The molecule has 0 atom stereocenters. The van der Waals surface area contributed by atoms with E-state index in [-0.39, 0.29) is 0 Å². The lowest BCUT2D eigenvalue weighted by Crippen LogP contribution is -2.01. The summed E-state index contributed by atoms with van der Waals surface area (Å²) in [4.78, 5) is 4.51. The maximum atomic E-state index is 4.51. The zero-order valence-corrected chi connectivity index (χ0v) is 15.0. The molecule has 0 amide bonds. The molecule has 3 aromatic carbocycles. The number of rotatable bonds is 2. The van der Waals surface area contributed by atoms with Crippen LogP contribution in [0, 0.1) is 0 Å². The van der Waals surface area contributed by atoms with Crippen molar-refractivity contribution in [2.45, 2.75) is 6.54 Å². The van der Waals surface area contributed by atoms with E-state index < -0.39 is 0 Å². The van der Waals surface area contributed by atoms with E-state index in [0.717, 1.165) is 12.3 Å². The molecule has 0 aliphatic heterocycles. The molecule has 0 aliphatic carbocycles. The summed E-state index contributed by atoms with van der Waals surface area (Å²) < 4.78 is 6.78. The molecule has 0 aliphatic rings. The van der Waals surface area contributed by atoms with Crippen LogP contribution >= 0.6 is 0 Å². The summed E-state index contributed by atoms with van der Waals surface area (Å²) in [6.07, 6.45) is 3.92. The SMILES string of the molecule is Cn1c2cccc(Cn3c4ccccc4c4ccccc43)c2n2ccnc12. The number of para-hydroxylation sites is 3. The number of benzene rings is 3. The van der Waals surface area contributed by atoms with Crippen molar-refractivity contribution >= 4 is 38.6 Å². The molecule has 4 heteroatoms. The van der Waals surface area contributed by atoms with Crippen LogP contribution in [0.15, 0.2) is 79.1 Å². The van der Waals surface area contributed by atoms with Crippen molar-refractivity contribution in [1.29, 1.82) is 0 Å². The summed E-state index contributed by atoms with van der Waals surface area (Å²) in [5.41, 5.74) is 6.27. The molecular formula is C23H18N4. The van der Waals surface area contributed by atoms with Crippen molar-refractivity contribution in [1.82, 2.24) is 18.5 Å². The second-order valence-corrected chi connectivity index (χ2v) is 7.06. The van der Waals surface area contributed by atoms with E-state index in [1.165, 1.54) is 38.4 Å². The van der Waals surface area contributed by atoms with Gasteiger partial charge >= 0.3 is 0 Å². The maximum absolute atomic E-state index is 4.51. The van der Waals surface area contributed by atoms with E-state index >= 15 is 0 Å². The minimum absolute atomic E-state index is 0.822. The number of imidazole rings is 2. The van der Waals surface area contributed by atoms with Gasteiger partial charge in [-0.05, 0) is 23.8 Å². The molecule has 3 heterocycles. The molecule has 0 spiro atoms. The molecule has 0 radical (unpaired) electrons. The normalized spacial score (nSPS) is 12.0. The van der Waals surface area contributed by atoms with E-state index in [0.29, 0.717) is 0 Å². The highest BCUT2D eigenvalue weighted by molar-refractivity contribution is 6.08. The van der Waals surface area contributed by atoms with Crippen molar-refractivity contribution < 1.29 is 0 Å². The second-order valence-electron chi connectivity index (χ2n) is 7.06. The van der Waals surface area contributed by atoms with Gasteiger partial charge in [-0.1, -0.05) is 48.5 Å². The van der Waals surface area contributed by atoms with Crippen molar-refractivity contribution in [3.8, 4) is 0 Å². The zero-order chi connectivity index (χ0) is 18.0. The molecule has 6 aromatic rings. The Bertz CT molecular complexity index is 1410. The molecule has 27 heavy (non-hydrogen) atoms. The fourth-order valence-corrected chi connectivity index (χ4v) is 4.42. The van der Waals surface area contributed by atoms with Crippen LogP contribution in [0.1, 0.15) is 5.56 Å².